The number of thiophene rings is 1. The van der Waals surface area contributed by atoms with Gasteiger partial charge < -0.3 is 11.1 Å². The van der Waals surface area contributed by atoms with Gasteiger partial charge in [0.25, 0.3) is 0 Å². The van der Waals surface area contributed by atoms with Crippen LogP contribution in [-0.4, -0.2) is 19.0 Å². The minimum atomic E-state index is -0.226. The van der Waals surface area contributed by atoms with Crippen molar-refractivity contribution in [3.63, 3.8) is 0 Å². The molecule has 2 rings (SSSR count). The first-order chi connectivity index (χ1) is 7.66. The van der Waals surface area contributed by atoms with E-state index in [1.165, 1.54) is 4.88 Å². The molecular weight excluding hydrogens is 288 g/mol. The van der Waals surface area contributed by atoms with E-state index in [1.807, 2.05) is 6.07 Å². The second kappa shape index (κ2) is 4.85. The van der Waals surface area contributed by atoms with Crippen LogP contribution in [0.5, 0.6) is 0 Å². The predicted octanol–water partition coefficient (Wildman–Crippen LogP) is 1.91. The molecule has 1 aromatic heterocycles. The molecule has 0 aliphatic heterocycles. The van der Waals surface area contributed by atoms with Crippen LogP contribution in [0, 0.1) is 5.41 Å². The highest BCUT2D eigenvalue weighted by Gasteiger charge is 2.48. The Morgan fingerprint density at radius 1 is 1.56 bits per heavy atom. The predicted molar refractivity (Wildman–Crippen MR) is 69.5 cm³/mol. The molecule has 1 aromatic rings. The zero-order valence-corrected chi connectivity index (χ0v) is 11.4. The summed E-state index contributed by atoms with van der Waals surface area (Å²) in [7, 11) is 0. The molecule has 3 nitrogen and oxygen atoms in total. The molecule has 88 valence electrons. The maximum atomic E-state index is 11.8. The average molecular weight is 303 g/mol. The highest BCUT2D eigenvalue weighted by atomic mass is 79.9. The maximum absolute atomic E-state index is 11.8. The number of carbonyl (C=O) groups excluding carboxylic acids is 1. The summed E-state index contributed by atoms with van der Waals surface area (Å²) in [6.07, 6.45) is 2.78. The monoisotopic (exact) mass is 302 g/mol. The van der Waals surface area contributed by atoms with Crippen LogP contribution in [0.3, 0.4) is 0 Å². The first kappa shape index (κ1) is 12.1. The van der Waals surface area contributed by atoms with E-state index in [4.69, 9.17) is 5.73 Å². The van der Waals surface area contributed by atoms with E-state index in [0.717, 1.165) is 23.0 Å². The van der Waals surface area contributed by atoms with E-state index in [2.05, 4.69) is 27.3 Å². The molecule has 0 saturated heterocycles. The molecule has 0 aromatic carbocycles. The Morgan fingerprint density at radius 2 is 2.31 bits per heavy atom. The molecule has 1 aliphatic carbocycles. The third kappa shape index (κ3) is 2.64. The first-order valence-corrected chi connectivity index (χ1v) is 7.00. The molecule has 0 atom stereocenters. The number of hydrogen-bond acceptors (Lipinski definition) is 3. The summed E-state index contributed by atoms with van der Waals surface area (Å²) in [6.45, 7) is 1.18. The Labute approximate surface area is 108 Å². The molecule has 0 radical (unpaired) electrons. The van der Waals surface area contributed by atoms with Gasteiger partial charge in [0.2, 0.25) is 5.91 Å². The second-order valence-electron chi connectivity index (χ2n) is 4.20. The smallest absolute Gasteiger partial charge is 0.227 e. The number of halogens is 1. The van der Waals surface area contributed by atoms with Gasteiger partial charge in [-0.2, -0.15) is 0 Å². The van der Waals surface area contributed by atoms with Crippen molar-refractivity contribution in [1.29, 1.82) is 0 Å². The van der Waals surface area contributed by atoms with Gasteiger partial charge in [-0.3, -0.25) is 4.79 Å². The molecule has 16 heavy (non-hydrogen) atoms. The van der Waals surface area contributed by atoms with Crippen LogP contribution in [0.4, 0.5) is 0 Å². The van der Waals surface area contributed by atoms with Crippen molar-refractivity contribution in [2.24, 2.45) is 11.1 Å². The fourth-order valence-corrected chi connectivity index (χ4v) is 3.13. The van der Waals surface area contributed by atoms with Gasteiger partial charge in [-0.05, 0) is 47.3 Å². The molecule has 0 spiro atoms. The summed E-state index contributed by atoms with van der Waals surface area (Å²) in [5, 5.41) is 2.97. The van der Waals surface area contributed by atoms with Gasteiger partial charge in [-0.15, -0.1) is 11.3 Å². The zero-order valence-electron chi connectivity index (χ0n) is 8.96. The van der Waals surface area contributed by atoms with Crippen LogP contribution in [0.15, 0.2) is 15.9 Å². The van der Waals surface area contributed by atoms with Gasteiger partial charge >= 0.3 is 0 Å². The molecule has 1 amide bonds. The molecule has 0 unspecified atom stereocenters. The number of amides is 1. The molecule has 1 heterocycles. The van der Waals surface area contributed by atoms with Crippen molar-refractivity contribution in [3.05, 3.63) is 20.8 Å². The number of nitrogens with two attached hydrogens (primary N) is 1. The van der Waals surface area contributed by atoms with Gasteiger partial charge in [-0.25, -0.2) is 0 Å². The number of carbonyl (C=O) groups is 1. The minimum Gasteiger partial charge on any atom is -0.355 e. The summed E-state index contributed by atoms with van der Waals surface area (Å²) >= 11 is 5.13. The standard InChI is InChI=1S/C11H15BrN2OS/c12-9-2-1-8(16-9)3-6-14-10(15)11(7-13)4-5-11/h1-2H,3-7,13H2,(H,14,15). The van der Waals surface area contributed by atoms with E-state index in [0.29, 0.717) is 13.1 Å². The van der Waals surface area contributed by atoms with Crippen LogP contribution in [0.2, 0.25) is 0 Å². The Morgan fingerprint density at radius 3 is 2.81 bits per heavy atom. The normalized spacial score (nSPS) is 17.1. The first-order valence-electron chi connectivity index (χ1n) is 5.39. The van der Waals surface area contributed by atoms with E-state index in [-0.39, 0.29) is 11.3 Å². The van der Waals surface area contributed by atoms with Gasteiger partial charge in [0.05, 0.1) is 9.20 Å². The van der Waals surface area contributed by atoms with Gasteiger partial charge in [0.1, 0.15) is 0 Å². The van der Waals surface area contributed by atoms with Crippen molar-refractivity contribution < 1.29 is 4.79 Å². The fourth-order valence-electron chi connectivity index (χ4n) is 1.65. The lowest BCUT2D eigenvalue weighted by atomic mass is 10.1. The number of hydrogen-bond donors (Lipinski definition) is 2. The minimum absolute atomic E-state index is 0.130. The Balaban J connectivity index is 1.74. The van der Waals surface area contributed by atoms with Crippen LogP contribution in [0.1, 0.15) is 17.7 Å². The quantitative estimate of drug-likeness (QED) is 0.873. The fraction of sp³-hybridized carbons (Fsp3) is 0.545. The van der Waals surface area contributed by atoms with Gasteiger partial charge in [0.15, 0.2) is 0 Å². The Hall–Kier alpha value is -0.390. The third-order valence-electron chi connectivity index (χ3n) is 3.01. The van der Waals surface area contributed by atoms with Crippen molar-refractivity contribution >= 4 is 33.2 Å². The van der Waals surface area contributed by atoms with E-state index in [9.17, 15) is 4.79 Å². The molecule has 5 heteroatoms. The van der Waals surface area contributed by atoms with Crippen molar-refractivity contribution in [2.45, 2.75) is 19.3 Å². The van der Waals surface area contributed by atoms with Gasteiger partial charge in [0, 0.05) is 18.0 Å². The van der Waals surface area contributed by atoms with Crippen LogP contribution >= 0.6 is 27.3 Å². The summed E-state index contributed by atoms with van der Waals surface area (Å²) in [5.41, 5.74) is 5.36. The van der Waals surface area contributed by atoms with E-state index < -0.39 is 0 Å². The van der Waals surface area contributed by atoms with Crippen LogP contribution in [0.25, 0.3) is 0 Å². The van der Waals surface area contributed by atoms with E-state index in [1.54, 1.807) is 11.3 Å². The van der Waals surface area contributed by atoms with Crippen molar-refractivity contribution in [3.8, 4) is 0 Å². The zero-order chi connectivity index (χ0) is 11.6. The largest absolute Gasteiger partial charge is 0.355 e. The van der Waals surface area contributed by atoms with Crippen LogP contribution in [-0.2, 0) is 11.2 Å². The SMILES string of the molecule is NCC1(C(=O)NCCc2ccc(Br)s2)CC1. The summed E-state index contributed by atoms with van der Waals surface area (Å²) in [4.78, 5) is 13.0. The highest BCUT2D eigenvalue weighted by Crippen LogP contribution is 2.44. The highest BCUT2D eigenvalue weighted by molar-refractivity contribution is 9.11. The lowest BCUT2D eigenvalue weighted by Gasteiger charge is -2.12. The molecule has 0 bridgehead atoms. The molecule has 1 aliphatic rings. The van der Waals surface area contributed by atoms with Crippen molar-refractivity contribution in [2.75, 3.05) is 13.1 Å². The summed E-state index contributed by atoms with van der Waals surface area (Å²) < 4.78 is 1.13. The average Bonchev–Trinajstić information content (AvgIpc) is 2.98. The lowest BCUT2D eigenvalue weighted by Crippen LogP contribution is -2.37. The number of rotatable bonds is 5. The Bertz CT molecular complexity index is 387. The van der Waals surface area contributed by atoms with Gasteiger partial charge in [-0.1, -0.05) is 0 Å². The summed E-state index contributed by atoms with van der Waals surface area (Å²) in [6, 6.07) is 4.11. The topological polar surface area (TPSA) is 55.1 Å². The molecule has 1 fully saturated rings. The molecular formula is C11H15BrN2OS. The lowest BCUT2D eigenvalue weighted by molar-refractivity contribution is -0.125. The summed E-state index contributed by atoms with van der Waals surface area (Å²) in [5.74, 6) is 0.130. The van der Waals surface area contributed by atoms with E-state index >= 15 is 0 Å². The number of nitrogens with one attached hydrogen (secondary N) is 1. The van der Waals surface area contributed by atoms with Crippen LogP contribution < -0.4 is 11.1 Å². The molecule has 3 N–H and O–H groups in total. The molecule has 1 saturated carbocycles. The second-order valence-corrected chi connectivity index (χ2v) is 6.74. The third-order valence-corrected chi connectivity index (χ3v) is 4.70. The van der Waals surface area contributed by atoms with Crippen molar-refractivity contribution in [1.82, 2.24) is 5.32 Å². The maximum Gasteiger partial charge on any atom is 0.227 e. The Kier molecular flexibility index (Phi) is 3.66.